The Kier molecular flexibility index (Phi) is 5.49. The zero-order valence-corrected chi connectivity index (χ0v) is 15.9. The number of benzene rings is 1. The largest absolute Gasteiger partial charge is 0.346 e. The van der Waals surface area contributed by atoms with E-state index in [1.165, 1.54) is 0 Å². The van der Waals surface area contributed by atoms with Crippen LogP contribution in [0.1, 0.15) is 45.8 Å². The fourth-order valence-electron chi connectivity index (χ4n) is 3.06. The molecule has 28 heavy (non-hydrogen) atoms. The summed E-state index contributed by atoms with van der Waals surface area (Å²) in [5, 5.41) is 18.3. The molecule has 1 amide bonds. The number of pyridine rings is 1. The molecule has 2 aromatic heterocycles. The van der Waals surface area contributed by atoms with E-state index in [4.69, 9.17) is 0 Å². The van der Waals surface area contributed by atoms with Crippen LogP contribution in [0.5, 0.6) is 0 Å². The van der Waals surface area contributed by atoms with Crippen LogP contribution in [0.2, 0.25) is 0 Å². The second kappa shape index (κ2) is 7.99. The number of rotatable bonds is 6. The number of carbonyl (C=O) groups is 1. The highest BCUT2D eigenvalue weighted by Gasteiger charge is 2.21. The number of nitrogens with one attached hydrogen (secondary N) is 1. The highest BCUT2D eigenvalue weighted by Crippen LogP contribution is 2.22. The van der Waals surface area contributed by atoms with Gasteiger partial charge < -0.3 is 5.32 Å². The van der Waals surface area contributed by atoms with Crippen LogP contribution in [0.15, 0.2) is 48.8 Å². The van der Waals surface area contributed by atoms with Gasteiger partial charge in [-0.25, -0.2) is 0 Å². The van der Waals surface area contributed by atoms with Crippen LogP contribution in [-0.4, -0.2) is 25.6 Å². The maximum Gasteiger partial charge on any atom is 0.312 e. The minimum atomic E-state index is -0.411. The van der Waals surface area contributed by atoms with Crippen molar-refractivity contribution in [1.82, 2.24) is 20.1 Å². The van der Waals surface area contributed by atoms with Crippen molar-refractivity contribution >= 4 is 11.6 Å². The van der Waals surface area contributed by atoms with Crippen LogP contribution >= 0.6 is 0 Å². The van der Waals surface area contributed by atoms with Gasteiger partial charge in [-0.2, -0.15) is 5.10 Å². The Hall–Kier alpha value is -3.55. The first-order valence-electron chi connectivity index (χ1n) is 8.85. The molecule has 3 rings (SSSR count). The Morgan fingerprint density at radius 2 is 1.82 bits per heavy atom. The summed E-state index contributed by atoms with van der Waals surface area (Å²) >= 11 is 0. The molecule has 1 unspecified atom stereocenters. The zero-order valence-electron chi connectivity index (χ0n) is 15.9. The van der Waals surface area contributed by atoms with Gasteiger partial charge in [0, 0.05) is 18.0 Å². The lowest BCUT2D eigenvalue weighted by atomic mass is 10.1. The molecule has 3 aromatic rings. The maximum atomic E-state index is 12.5. The number of amides is 1. The molecule has 0 aliphatic carbocycles. The third-order valence-corrected chi connectivity index (χ3v) is 4.63. The second-order valence-corrected chi connectivity index (χ2v) is 6.61. The summed E-state index contributed by atoms with van der Waals surface area (Å²) < 4.78 is 1.61. The minimum Gasteiger partial charge on any atom is -0.346 e. The summed E-state index contributed by atoms with van der Waals surface area (Å²) in [7, 11) is 0. The van der Waals surface area contributed by atoms with Crippen molar-refractivity contribution in [3.8, 4) is 0 Å². The van der Waals surface area contributed by atoms with Crippen LogP contribution in [0.3, 0.4) is 0 Å². The Morgan fingerprint density at radius 1 is 1.18 bits per heavy atom. The van der Waals surface area contributed by atoms with Gasteiger partial charge in [0.15, 0.2) is 0 Å². The molecule has 0 spiro atoms. The number of hydrogen-bond acceptors (Lipinski definition) is 5. The fraction of sp³-hybridized carbons (Fsp3) is 0.250. The lowest BCUT2D eigenvalue weighted by Crippen LogP contribution is -2.26. The molecule has 0 saturated carbocycles. The standard InChI is InChI=1S/C20H21N5O3/c1-13(17-8-10-21-11-9-17)22-20(26)18-6-4-16(5-7-18)12-24-15(3)19(25(27)28)14(2)23-24/h4-11,13H,12H2,1-3H3,(H,22,26). The van der Waals surface area contributed by atoms with Gasteiger partial charge in [-0.1, -0.05) is 12.1 Å². The second-order valence-electron chi connectivity index (χ2n) is 6.61. The zero-order chi connectivity index (χ0) is 20.3. The van der Waals surface area contributed by atoms with Gasteiger partial charge >= 0.3 is 5.69 Å². The van der Waals surface area contributed by atoms with Crippen LogP contribution in [0.4, 0.5) is 5.69 Å². The third-order valence-electron chi connectivity index (χ3n) is 4.63. The van der Waals surface area contributed by atoms with E-state index in [2.05, 4.69) is 15.4 Å². The van der Waals surface area contributed by atoms with Gasteiger partial charge in [-0.3, -0.25) is 24.6 Å². The maximum absolute atomic E-state index is 12.5. The number of hydrogen-bond donors (Lipinski definition) is 1. The summed E-state index contributed by atoms with van der Waals surface area (Å²) in [4.78, 5) is 27.1. The van der Waals surface area contributed by atoms with Crippen molar-refractivity contribution in [3.63, 3.8) is 0 Å². The van der Waals surface area contributed by atoms with Crippen molar-refractivity contribution in [3.05, 3.63) is 87.0 Å². The van der Waals surface area contributed by atoms with Gasteiger partial charge in [0.25, 0.3) is 5.91 Å². The van der Waals surface area contributed by atoms with Crippen molar-refractivity contribution in [2.45, 2.75) is 33.4 Å². The van der Waals surface area contributed by atoms with E-state index in [1.54, 1.807) is 43.1 Å². The van der Waals surface area contributed by atoms with Crippen molar-refractivity contribution in [2.75, 3.05) is 0 Å². The first kappa shape index (κ1) is 19.2. The fourth-order valence-corrected chi connectivity index (χ4v) is 3.06. The van der Waals surface area contributed by atoms with E-state index in [1.807, 2.05) is 31.2 Å². The highest BCUT2D eigenvalue weighted by molar-refractivity contribution is 5.94. The number of nitro groups is 1. The van der Waals surface area contributed by atoms with E-state index in [-0.39, 0.29) is 17.6 Å². The van der Waals surface area contributed by atoms with E-state index < -0.39 is 4.92 Å². The molecule has 8 nitrogen and oxygen atoms in total. The molecule has 0 fully saturated rings. The van der Waals surface area contributed by atoms with Gasteiger partial charge in [-0.05, 0) is 56.2 Å². The predicted octanol–water partition coefficient (Wildman–Crippen LogP) is 3.34. The number of aryl methyl sites for hydroxylation is 1. The summed E-state index contributed by atoms with van der Waals surface area (Å²) in [6.07, 6.45) is 3.38. The number of nitrogens with zero attached hydrogens (tertiary/aromatic N) is 4. The van der Waals surface area contributed by atoms with Gasteiger partial charge in [-0.15, -0.1) is 0 Å². The quantitative estimate of drug-likeness (QED) is 0.523. The van der Waals surface area contributed by atoms with Crippen LogP contribution in [-0.2, 0) is 6.54 Å². The molecular weight excluding hydrogens is 358 g/mol. The average Bonchev–Trinajstić information content (AvgIpc) is 2.96. The molecule has 0 aliphatic rings. The Labute approximate surface area is 162 Å². The van der Waals surface area contributed by atoms with Crippen LogP contribution in [0.25, 0.3) is 0 Å². The van der Waals surface area contributed by atoms with Gasteiger partial charge in [0.05, 0.1) is 17.5 Å². The average molecular weight is 379 g/mol. The molecule has 2 heterocycles. The normalized spacial score (nSPS) is 11.8. The van der Waals surface area contributed by atoms with E-state index in [9.17, 15) is 14.9 Å². The molecule has 0 bridgehead atoms. The van der Waals surface area contributed by atoms with Crippen LogP contribution in [0, 0.1) is 24.0 Å². The number of aromatic nitrogens is 3. The first-order valence-corrected chi connectivity index (χ1v) is 8.85. The molecule has 8 heteroatoms. The molecule has 1 atom stereocenters. The topological polar surface area (TPSA) is 103 Å². The molecule has 1 N–H and O–H groups in total. The number of carbonyl (C=O) groups excluding carboxylic acids is 1. The van der Waals surface area contributed by atoms with E-state index in [0.29, 0.717) is 23.5 Å². The Balaban J connectivity index is 1.69. The summed E-state index contributed by atoms with van der Waals surface area (Å²) in [5.41, 5.74) is 3.37. The SMILES string of the molecule is Cc1nn(Cc2ccc(C(=O)NC(C)c3ccncc3)cc2)c(C)c1[N+](=O)[O-]. The molecule has 0 aliphatic heterocycles. The molecule has 1 aromatic carbocycles. The smallest absolute Gasteiger partial charge is 0.312 e. The lowest BCUT2D eigenvalue weighted by molar-refractivity contribution is -0.386. The van der Waals surface area contributed by atoms with Gasteiger partial charge in [0.1, 0.15) is 11.4 Å². The molecular formula is C20H21N5O3. The van der Waals surface area contributed by atoms with Gasteiger partial charge in [0.2, 0.25) is 0 Å². The first-order chi connectivity index (χ1) is 13.4. The summed E-state index contributed by atoms with van der Waals surface area (Å²) in [5.74, 6) is -0.169. The highest BCUT2D eigenvalue weighted by atomic mass is 16.6. The third kappa shape index (κ3) is 4.06. The Bertz CT molecular complexity index is 997. The van der Waals surface area contributed by atoms with Crippen molar-refractivity contribution < 1.29 is 9.72 Å². The van der Waals surface area contributed by atoms with Crippen molar-refractivity contribution in [1.29, 1.82) is 0 Å². The minimum absolute atomic E-state index is 0.0427. The summed E-state index contributed by atoms with van der Waals surface area (Å²) in [6.45, 7) is 5.62. The predicted molar refractivity (Wildman–Crippen MR) is 104 cm³/mol. The van der Waals surface area contributed by atoms with Crippen molar-refractivity contribution in [2.24, 2.45) is 0 Å². The van der Waals surface area contributed by atoms with Crippen LogP contribution < -0.4 is 5.32 Å². The Morgan fingerprint density at radius 3 is 2.39 bits per heavy atom. The lowest BCUT2D eigenvalue weighted by Gasteiger charge is -2.14. The molecule has 0 saturated heterocycles. The van der Waals surface area contributed by atoms with E-state index >= 15 is 0 Å². The monoisotopic (exact) mass is 379 g/mol. The summed E-state index contributed by atoms with van der Waals surface area (Å²) in [6, 6.07) is 10.7. The molecule has 0 radical (unpaired) electrons. The molecule has 144 valence electrons. The van der Waals surface area contributed by atoms with E-state index in [0.717, 1.165) is 11.1 Å².